The van der Waals surface area contributed by atoms with E-state index >= 15 is 0 Å². The highest BCUT2D eigenvalue weighted by Gasteiger charge is 2.32. The molecule has 0 bridgehead atoms. The SMILES string of the molecule is COC(=O)N1CCN(CCC2CCC(NC3NCC(C4CCC(OC)CC4)CN3)CC2)CC1. The van der Waals surface area contributed by atoms with Gasteiger partial charge in [-0.3, -0.25) is 20.9 Å². The maximum Gasteiger partial charge on any atom is 0.409 e. The Balaban J connectivity index is 1.06. The number of methoxy groups -OCH3 is 2. The summed E-state index contributed by atoms with van der Waals surface area (Å²) in [5.74, 6) is 2.45. The molecule has 190 valence electrons. The molecule has 0 aromatic heterocycles. The smallest absolute Gasteiger partial charge is 0.409 e. The fraction of sp³-hybridized carbons (Fsp3) is 0.960. The van der Waals surface area contributed by atoms with E-state index in [9.17, 15) is 4.79 Å². The molecule has 2 saturated carbocycles. The van der Waals surface area contributed by atoms with E-state index in [1.54, 1.807) is 0 Å². The number of nitrogens with one attached hydrogen (secondary N) is 3. The Morgan fingerprint density at radius 2 is 1.55 bits per heavy atom. The number of hydrogen-bond donors (Lipinski definition) is 3. The predicted octanol–water partition coefficient (Wildman–Crippen LogP) is 2.21. The first-order valence-corrected chi connectivity index (χ1v) is 13.5. The van der Waals surface area contributed by atoms with Gasteiger partial charge in [0.25, 0.3) is 0 Å². The third-order valence-corrected chi connectivity index (χ3v) is 8.80. The fourth-order valence-electron chi connectivity index (χ4n) is 6.43. The number of nitrogens with zero attached hydrogens (tertiary/aromatic N) is 2. The van der Waals surface area contributed by atoms with Crippen LogP contribution in [0.4, 0.5) is 4.79 Å². The number of piperazine rings is 1. The van der Waals surface area contributed by atoms with Crippen LogP contribution in [-0.4, -0.2) is 94.4 Å². The van der Waals surface area contributed by atoms with Gasteiger partial charge in [-0.1, -0.05) is 0 Å². The second-order valence-corrected chi connectivity index (χ2v) is 10.8. The molecule has 2 saturated heterocycles. The third kappa shape index (κ3) is 7.28. The highest BCUT2D eigenvalue weighted by atomic mass is 16.5. The van der Waals surface area contributed by atoms with Gasteiger partial charge in [0.2, 0.25) is 0 Å². The third-order valence-electron chi connectivity index (χ3n) is 8.80. The van der Waals surface area contributed by atoms with Crippen LogP contribution in [0.25, 0.3) is 0 Å². The first kappa shape index (κ1) is 25.2. The molecule has 0 spiro atoms. The number of carbonyl (C=O) groups is 1. The molecule has 8 nitrogen and oxygen atoms in total. The van der Waals surface area contributed by atoms with Gasteiger partial charge < -0.3 is 14.4 Å². The van der Waals surface area contributed by atoms with Gasteiger partial charge >= 0.3 is 6.09 Å². The van der Waals surface area contributed by atoms with Crippen LogP contribution in [0.3, 0.4) is 0 Å². The lowest BCUT2D eigenvalue weighted by Crippen LogP contribution is -2.63. The highest BCUT2D eigenvalue weighted by molar-refractivity contribution is 5.67. The first-order chi connectivity index (χ1) is 16.1. The van der Waals surface area contributed by atoms with Crippen molar-refractivity contribution in [3.8, 4) is 0 Å². The Bertz CT molecular complexity index is 577. The molecule has 1 amide bonds. The summed E-state index contributed by atoms with van der Waals surface area (Å²) in [6.45, 7) is 6.95. The van der Waals surface area contributed by atoms with E-state index in [0.717, 1.165) is 63.6 Å². The van der Waals surface area contributed by atoms with Crippen molar-refractivity contribution in [3.63, 3.8) is 0 Å². The average Bonchev–Trinajstić information content (AvgIpc) is 2.88. The summed E-state index contributed by atoms with van der Waals surface area (Å²) in [5, 5.41) is 11.3. The van der Waals surface area contributed by atoms with Gasteiger partial charge in [0.1, 0.15) is 6.29 Å². The van der Waals surface area contributed by atoms with Gasteiger partial charge in [0.05, 0.1) is 13.2 Å². The zero-order valence-electron chi connectivity index (χ0n) is 20.9. The monoisotopic (exact) mass is 465 g/mol. The van der Waals surface area contributed by atoms with Crippen LogP contribution < -0.4 is 16.0 Å². The molecule has 2 aliphatic carbocycles. The Hall–Kier alpha value is -0.930. The summed E-state index contributed by atoms with van der Waals surface area (Å²) >= 11 is 0. The summed E-state index contributed by atoms with van der Waals surface area (Å²) in [6, 6.07) is 0.628. The quantitative estimate of drug-likeness (QED) is 0.532. The van der Waals surface area contributed by atoms with Crippen LogP contribution in [-0.2, 0) is 9.47 Å². The lowest BCUT2D eigenvalue weighted by atomic mass is 9.78. The molecule has 33 heavy (non-hydrogen) atoms. The molecule has 0 atom stereocenters. The van der Waals surface area contributed by atoms with Crippen molar-refractivity contribution < 1.29 is 14.3 Å². The molecular weight excluding hydrogens is 418 g/mol. The van der Waals surface area contributed by atoms with E-state index in [-0.39, 0.29) is 12.4 Å². The lowest BCUT2D eigenvalue weighted by molar-refractivity contribution is 0.0413. The molecule has 4 rings (SSSR count). The molecule has 0 unspecified atom stereocenters. The number of rotatable bonds is 7. The minimum absolute atomic E-state index is 0.188. The number of ether oxygens (including phenoxy) is 2. The molecule has 3 N–H and O–H groups in total. The summed E-state index contributed by atoms with van der Waals surface area (Å²) < 4.78 is 10.4. The van der Waals surface area contributed by atoms with Crippen molar-refractivity contribution in [1.29, 1.82) is 0 Å². The van der Waals surface area contributed by atoms with Crippen LogP contribution in [0.1, 0.15) is 57.8 Å². The van der Waals surface area contributed by atoms with Gasteiger partial charge in [-0.15, -0.1) is 0 Å². The van der Waals surface area contributed by atoms with Gasteiger partial charge in [-0.2, -0.15) is 0 Å². The van der Waals surface area contributed by atoms with Gasteiger partial charge in [-0.05, 0) is 82.1 Å². The molecule has 4 fully saturated rings. The van der Waals surface area contributed by atoms with Crippen molar-refractivity contribution in [2.45, 2.75) is 76.2 Å². The molecule has 2 aliphatic heterocycles. The maximum absolute atomic E-state index is 11.6. The van der Waals surface area contributed by atoms with E-state index in [1.807, 2.05) is 12.0 Å². The minimum Gasteiger partial charge on any atom is -0.453 e. The molecule has 2 heterocycles. The number of carbonyl (C=O) groups excluding carboxylic acids is 1. The second-order valence-electron chi connectivity index (χ2n) is 10.8. The number of amides is 1. The van der Waals surface area contributed by atoms with Crippen molar-refractivity contribution in [1.82, 2.24) is 25.8 Å². The largest absolute Gasteiger partial charge is 0.453 e. The summed E-state index contributed by atoms with van der Waals surface area (Å²) in [4.78, 5) is 16.0. The van der Waals surface area contributed by atoms with Crippen LogP contribution in [0.2, 0.25) is 0 Å². The van der Waals surface area contributed by atoms with E-state index in [4.69, 9.17) is 9.47 Å². The number of hydrogen-bond acceptors (Lipinski definition) is 7. The first-order valence-electron chi connectivity index (χ1n) is 13.5. The van der Waals surface area contributed by atoms with Gasteiger partial charge in [-0.25, -0.2) is 4.79 Å². The van der Waals surface area contributed by atoms with Crippen LogP contribution in [0.5, 0.6) is 0 Å². The van der Waals surface area contributed by atoms with E-state index in [1.165, 1.54) is 64.9 Å². The normalized spacial score (nSPS) is 36.5. The van der Waals surface area contributed by atoms with Gasteiger partial charge in [0.15, 0.2) is 0 Å². The minimum atomic E-state index is -0.188. The maximum atomic E-state index is 11.6. The molecular formula is C25H47N5O3. The zero-order chi connectivity index (χ0) is 23.0. The highest BCUT2D eigenvalue weighted by Crippen LogP contribution is 2.32. The van der Waals surface area contributed by atoms with Crippen LogP contribution in [0.15, 0.2) is 0 Å². The van der Waals surface area contributed by atoms with E-state index in [0.29, 0.717) is 12.1 Å². The molecule has 4 aliphatic rings. The standard InChI is InChI=1S/C25H47N5O3/c1-32-23-9-5-20(6-10-23)21-17-26-24(27-18-21)28-22-7-3-19(4-8-22)11-12-29-13-15-30(16-14-29)25(31)33-2/h19-24,26-28H,3-18H2,1-2H3. The van der Waals surface area contributed by atoms with Crippen LogP contribution in [0, 0.1) is 17.8 Å². The van der Waals surface area contributed by atoms with Crippen molar-refractivity contribution >= 4 is 6.09 Å². The molecule has 0 radical (unpaired) electrons. The van der Waals surface area contributed by atoms with Crippen molar-refractivity contribution in [3.05, 3.63) is 0 Å². The summed E-state index contributed by atoms with van der Waals surface area (Å²) in [6.07, 6.45) is 12.2. The zero-order valence-corrected chi connectivity index (χ0v) is 20.9. The Morgan fingerprint density at radius 1 is 0.879 bits per heavy atom. The predicted molar refractivity (Wildman–Crippen MR) is 130 cm³/mol. The summed E-state index contributed by atoms with van der Waals surface area (Å²) in [5.41, 5.74) is 0. The molecule has 8 heteroatoms. The van der Waals surface area contributed by atoms with E-state index < -0.39 is 0 Å². The Labute approximate surface area is 200 Å². The summed E-state index contributed by atoms with van der Waals surface area (Å²) in [7, 11) is 3.32. The Morgan fingerprint density at radius 3 is 2.15 bits per heavy atom. The fourth-order valence-corrected chi connectivity index (χ4v) is 6.43. The van der Waals surface area contributed by atoms with Gasteiger partial charge in [0, 0.05) is 52.4 Å². The van der Waals surface area contributed by atoms with Crippen molar-refractivity contribution in [2.75, 3.05) is 60.0 Å². The molecule has 0 aromatic carbocycles. The van der Waals surface area contributed by atoms with Crippen LogP contribution >= 0.6 is 0 Å². The van der Waals surface area contributed by atoms with E-state index in [2.05, 4.69) is 20.9 Å². The lowest BCUT2D eigenvalue weighted by Gasteiger charge is -2.40. The van der Waals surface area contributed by atoms with Crippen molar-refractivity contribution in [2.24, 2.45) is 17.8 Å². The second kappa shape index (κ2) is 12.7. The Kier molecular flexibility index (Phi) is 9.67. The molecule has 0 aromatic rings. The topological polar surface area (TPSA) is 78.1 Å². The average molecular weight is 466 g/mol.